The number of carbonyl (C=O) groups excluding carboxylic acids is 1. The zero-order chi connectivity index (χ0) is 13.7. The lowest BCUT2D eigenvalue weighted by Crippen LogP contribution is -2.33. The first-order valence-electron chi connectivity index (χ1n) is 6.15. The number of benzene rings is 1. The van der Waals surface area contributed by atoms with Crippen LogP contribution in [-0.2, 0) is 0 Å². The van der Waals surface area contributed by atoms with Crippen molar-refractivity contribution >= 4 is 29.4 Å². The lowest BCUT2D eigenvalue weighted by Gasteiger charge is -2.11. The van der Waals surface area contributed by atoms with Crippen molar-refractivity contribution in [3.8, 4) is 0 Å². The van der Waals surface area contributed by atoms with E-state index in [2.05, 4.69) is 10.6 Å². The lowest BCUT2D eigenvalue weighted by atomic mass is 10.2. The maximum Gasteiger partial charge on any atom is 0.335 e. The first-order chi connectivity index (χ1) is 9.15. The van der Waals surface area contributed by atoms with Crippen LogP contribution in [0.15, 0.2) is 24.3 Å². The second kappa shape index (κ2) is 6.47. The molecule has 2 amide bonds. The Morgan fingerprint density at radius 3 is 2.95 bits per heavy atom. The molecule has 1 aromatic carbocycles. The van der Waals surface area contributed by atoms with Crippen molar-refractivity contribution in [1.82, 2.24) is 5.32 Å². The number of aromatic carboxylic acids is 1. The molecule has 5 nitrogen and oxygen atoms in total. The Bertz CT molecular complexity index is 473. The highest BCUT2D eigenvalue weighted by Crippen LogP contribution is 2.25. The van der Waals surface area contributed by atoms with Gasteiger partial charge in [0.2, 0.25) is 0 Å². The maximum atomic E-state index is 11.7. The fourth-order valence-corrected chi connectivity index (χ4v) is 3.12. The number of carboxylic acids is 1. The van der Waals surface area contributed by atoms with Crippen molar-refractivity contribution in [2.24, 2.45) is 0 Å². The van der Waals surface area contributed by atoms with Crippen LogP contribution in [0.4, 0.5) is 10.5 Å². The molecule has 6 heteroatoms. The molecular formula is C13H16N2O3S. The van der Waals surface area contributed by atoms with Crippen LogP contribution in [0, 0.1) is 0 Å². The van der Waals surface area contributed by atoms with Gasteiger partial charge < -0.3 is 15.7 Å². The first-order valence-corrected chi connectivity index (χ1v) is 7.20. The smallest absolute Gasteiger partial charge is 0.335 e. The summed E-state index contributed by atoms with van der Waals surface area (Å²) in [4.78, 5) is 22.5. The van der Waals surface area contributed by atoms with Crippen LogP contribution in [0.2, 0.25) is 0 Å². The summed E-state index contributed by atoms with van der Waals surface area (Å²) in [7, 11) is 0. The van der Waals surface area contributed by atoms with Crippen LogP contribution in [0.3, 0.4) is 0 Å². The monoisotopic (exact) mass is 280 g/mol. The van der Waals surface area contributed by atoms with Gasteiger partial charge in [-0.05, 0) is 36.8 Å². The van der Waals surface area contributed by atoms with E-state index in [0.717, 1.165) is 12.2 Å². The molecule has 1 aromatic rings. The van der Waals surface area contributed by atoms with Gasteiger partial charge in [0.1, 0.15) is 0 Å². The van der Waals surface area contributed by atoms with Crippen LogP contribution >= 0.6 is 11.8 Å². The molecule has 3 N–H and O–H groups in total. The van der Waals surface area contributed by atoms with Gasteiger partial charge in [0.15, 0.2) is 0 Å². The molecule has 1 aliphatic rings. The third-order valence-electron chi connectivity index (χ3n) is 2.88. The minimum Gasteiger partial charge on any atom is -0.478 e. The summed E-state index contributed by atoms with van der Waals surface area (Å²) in [6, 6.07) is 5.89. The van der Waals surface area contributed by atoms with Gasteiger partial charge in [-0.25, -0.2) is 9.59 Å². The summed E-state index contributed by atoms with van der Waals surface area (Å²) in [5, 5.41) is 14.8. The molecule has 0 bridgehead atoms. The number of rotatable bonds is 4. The summed E-state index contributed by atoms with van der Waals surface area (Å²) in [6.45, 7) is 0.648. The van der Waals surface area contributed by atoms with E-state index in [1.54, 1.807) is 12.1 Å². The van der Waals surface area contributed by atoms with Gasteiger partial charge in [-0.2, -0.15) is 11.8 Å². The Labute approximate surface area is 115 Å². The minimum atomic E-state index is -1.01. The van der Waals surface area contributed by atoms with Crippen LogP contribution in [0.5, 0.6) is 0 Å². The normalized spacial score (nSPS) is 18.0. The van der Waals surface area contributed by atoms with Gasteiger partial charge in [0.25, 0.3) is 0 Å². The Morgan fingerprint density at radius 1 is 1.42 bits per heavy atom. The van der Waals surface area contributed by atoms with E-state index < -0.39 is 5.97 Å². The standard InChI is InChI=1S/C13H16N2O3S/c16-12(17)9-3-1-4-10(7-9)15-13(18)14-8-11-5-2-6-19-11/h1,3-4,7,11H,2,5-6,8H2,(H,16,17)(H2,14,15,18). The van der Waals surface area contributed by atoms with Gasteiger partial charge in [-0.1, -0.05) is 6.07 Å². The highest BCUT2D eigenvalue weighted by Gasteiger charge is 2.16. The molecule has 0 aromatic heterocycles. The number of hydrogen-bond acceptors (Lipinski definition) is 3. The van der Waals surface area contributed by atoms with E-state index in [1.165, 1.54) is 18.6 Å². The minimum absolute atomic E-state index is 0.157. The molecule has 1 unspecified atom stereocenters. The average molecular weight is 280 g/mol. The lowest BCUT2D eigenvalue weighted by molar-refractivity contribution is 0.0697. The van der Waals surface area contributed by atoms with E-state index in [0.29, 0.717) is 17.5 Å². The molecule has 0 spiro atoms. The summed E-state index contributed by atoms with van der Waals surface area (Å²) in [5.74, 6) is 0.153. The van der Waals surface area contributed by atoms with Gasteiger partial charge in [0.05, 0.1) is 5.56 Å². The zero-order valence-electron chi connectivity index (χ0n) is 10.4. The molecule has 102 valence electrons. The number of carbonyl (C=O) groups is 2. The van der Waals surface area contributed by atoms with Crippen LogP contribution < -0.4 is 10.6 Å². The highest BCUT2D eigenvalue weighted by atomic mass is 32.2. The number of nitrogens with one attached hydrogen (secondary N) is 2. The first kappa shape index (κ1) is 13.7. The molecule has 1 aliphatic heterocycles. The largest absolute Gasteiger partial charge is 0.478 e. The topological polar surface area (TPSA) is 78.4 Å². The molecule has 0 saturated carbocycles. The summed E-state index contributed by atoms with van der Waals surface area (Å²) in [6.07, 6.45) is 2.35. The third kappa shape index (κ3) is 4.17. The molecule has 1 saturated heterocycles. The van der Waals surface area contributed by atoms with Crippen molar-refractivity contribution in [3.05, 3.63) is 29.8 Å². The quantitative estimate of drug-likeness (QED) is 0.791. The SMILES string of the molecule is O=C(NCC1CCCS1)Nc1cccc(C(=O)O)c1. The third-order valence-corrected chi connectivity index (χ3v) is 4.28. The van der Waals surface area contributed by atoms with Crippen molar-refractivity contribution in [1.29, 1.82) is 0 Å². The highest BCUT2D eigenvalue weighted by molar-refractivity contribution is 8.00. The predicted molar refractivity (Wildman–Crippen MR) is 75.9 cm³/mol. The number of urea groups is 1. The molecule has 2 rings (SSSR count). The average Bonchev–Trinajstić information content (AvgIpc) is 2.90. The summed E-state index contributed by atoms with van der Waals surface area (Å²) in [5.41, 5.74) is 0.639. The second-order valence-electron chi connectivity index (χ2n) is 4.36. The number of hydrogen-bond donors (Lipinski definition) is 3. The van der Waals surface area contributed by atoms with Gasteiger partial charge in [-0.15, -0.1) is 0 Å². The van der Waals surface area contributed by atoms with Gasteiger partial charge in [0, 0.05) is 17.5 Å². The summed E-state index contributed by atoms with van der Waals surface area (Å²) < 4.78 is 0. The fourth-order valence-electron chi connectivity index (χ4n) is 1.92. The number of thioether (sulfide) groups is 1. The second-order valence-corrected chi connectivity index (χ2v) is 5.76. The molecule has 1 fully saturated rings. The molecule has 0 aliphatic carbocycles. The summed E-state index contributed by atoms with van der Waals surface area (Å²) >= 11 is 1.88. The zero-order valence-corrected chi connectivity index (χ0v) is 11.2. The van der Waals surface area contributed by atoms with Crippen LogP contribution in [0.1, 0.15) is 23.2 Å². The number of amides is 2. The molecule has 0 radical (unpaired) electrons. The fraction of sp³-hybridized carbons (Fsp3) is 0.385. The van der Waals surface area contributed by atoms with E-state index in [4.69, 9.17) is 5.11 Å². The van der Waals surface area contributed by atoms with E-state index in [1.807, 2.05) is 11.8 Å². The predicted octanol–water partition coefficient (Wildman–Crippen LogP) is 2.40. The Morgan fingerprint density at radius 2 is 2.26 bits per heavy atom. The van der Waals surface area contributed by atoms with E-state index in [-0.39, 0.29) is 11.6 Å². The van der Waals surface area contributed by atoms with E-state index in [9.17, 15) is 9.59 Å². The molecular weight excluding hydrogens is 264 g/mol. The Kier molecular flexibility index (Phi) is 4.68. The Balaban J connectivity index is 1.84. The maximum absolute atomic E-state index is 11.7. The molecule has 1 atom stereocenters. The van der Waals surface area contributed by atoms with Crippen molar-refractivity contribution in [2.45, 2.75) is 18.1 Å². The van der Waals surface area contributed by atoms with Gasteiger partial charge >= 0.3 is 12.0 Å². The van der Waals surface area contributed by atoms with Crippen LogP contribution in [0.25, 0.3) is 0 Å². The van der Waals surface area contributed by atoms with Crippen molar-refractivity contribution in [3.63, 3.8) is 0 Å². The van der Waals surface area contributed by atoms with E-state index >= 15 is 0 Å². The Hall–Kier alpha value is -1.69. The van der Waals surface area contributed by atoms with Crippen molar-refractivity contribution < 1.29 is 14.7 Å². The number of carboxylic acid groups (broad SMARTS) is 1. The molecule has 19 heavy (non-hydrogen) atoms. The van der Waals surface area contributed by atoms with Crippen LogP contribution in [-0.4, -0.2) is 34.7 Å². The molecule has 1 heterocycles. The van der Waals surface area contributed by atoms with Crippen molar-refractivity contribution in [2.75, 3.05) is 17.6 Å². The van der Waals surface area contributed by atoms with Gasteiger partial charge in [-0.3, -0.25) is 0 Å². The number of anilines is 1.